The molecular formula is C40H44N4O16. The van der Waals surface area contributed by atoms with Crippen LogP contribution in [-0.4, -0.2) is 109 Å². The number of carboxylic acids is 8. The zero-order valence-corrected chi connectivity index (χ0v) is 32.2. The van der Waals surface area contributed by atoms with Gasteiger partial charge in [0, 0.05) is 96.9 Å². The number of aliphatic carboxylic acids is 8. The zero-order valence-electron chi connectivity index (χ0n) is 32.2. The number of H-pyrrole nitrogens is 4. The molecule has 12 N–H and O–H groups in total. The maximum Gasteiger partial charge on any atom is 0.307 e. The van der Waals surface area contributed by atoms with Crippen molar-refractivity contribution >= 4 is 47.8 Å². The summed E-state index contributed by atoms with van der Waals surface area (Å²) in [5.41, 5.74) is 4.45. The molecule has 1 aliphatic heterocycles. The van der Waals surface area contributed by atoms with E-state index in [1.54, 1.807) is 0 Å². The van der Waals surface area contributed by atoms with Crippen LogP contribution in [0.25, 0.3) is 0 Å². The van der Waals surface area contributed by atoms with Crippen molar-refractivity contribution in [2.24, 2.45) is 0 Å². The Kier molecular flexibility index (Phi) is 13.7. The van der Waals surface area contributed by atoms with E-state index in [1.807, 2.05) is 0 Å². The maximum atomic E-state index is 12.4. The molecule has 0 atom stereocenters. The van der Waals surface area contributed by atoms with Crippen molar-refractivity contribution in [1.82, 2.24) is 19.9 Å². The molecule has 20 heteroatoms. The highest BCUT2D eigenvalue weighted by Gasteiger charge is 2.30. The minimum atomic E-state index is -1.27. The Morgan fingerprint density at radius 2 is 0.450 bits per heavy atom. The average molecular weight is 837 g/mol. The number of carbonyl (C=O) groups is 8. The van der Waals surface area contributed by atoms with E-state index in [1.165, 1.54) is 0 Å². The van der Waals surface area contributed by atoms with Crippen molar-refractivity contribution in [3.8, 4) is 0 Å². The van der Waals surface area contributed by atoms with Gasteiger partial charge in [-0.15, -0.1) is 0 Å². The van der Waals surface area contributed by atoms with Gasteiger partial charge in [-0.25, -0.2) is 0 Å². The molecule has 5 heterocycles. The summed E-state index contributed by atoms with van der Waals surface area (Å²) < 4.78 is 0. The van der Waals surface area contributed by atoms with Crippen LogP contribution in [0.2, 0.25) is 0 Å². The fraction of sp³-hybridized carbons (Fsp3) is 0.400. The Bertz CT molecular complexity index is 2060. The lowest BCUT2D eigenvalue weighted by Crippen LogP contribution is -2.09. The zero-order chi connectivity index (χ0) is 44.0. The molecule has 0 saturated carbocycles. The molecule has 0 spiro atoms. The van der Waals surface area contributed by atoms with Gasteiger partial charge >= 0.3 is 47.8 Å². The highest BCUT2D eigenvalue weighted by molar-refractivity contribution is 5.76. The molecule has 320 valence electrons. The first-order valence-corrected chi connectivity index (χ1v) is 18.9. The lowest BCUT2D eigenvalue weighted by atomic mass is 9.93. The van der Waals surface area contributed by atoms with Crippen molar-refractivity contribution in [3.63, 3.8) is 0 Å². The van der Waals surface area contributed by atoms with Crippen LogP contribution in [-0.2, 0) is 115 Å². The summed E-state index contributed by atoms with van der Waals surface area (Å²) in [7, 11) is 0. The molecule has 5 rings (SSSR count). The fourth-order valence-corrected chi connectivity index (χ4v) is 8.30. The summed E-state index contributed by atoms with van der Waals surface area (Å²) in [6.45, 7) is 0. The molecule has 20 nitrogen and oxygen atoms in total. The lowest BCUT2D eigenvalue weighted by Gasteiger charge is -2.09. The topological polar surface area (TPSA) is 362 Å². The van der Waals surface area contributed by atoms with Gasteiger partial charge in [0.15, 0.2) is 0 Å². The molecule has 0 unspecified atom stereocenters. The van der Waals surface area contributed by atoms with E-state index in [4.69, 9.17) is 0 Å². The predicted octanol–water partition coefficient (Wildman–Crippen LogP) is 2.25. The van der Waals surface area contributed by atoms with Crippen molar-refractivity contribution in [2.45, 2.75) is 103 Å². The van der Waals surface area contributed by atoms with Gasteiger partial charge < -0.3 is 60.8 Å². The predicted molar refractivity (Wildman–Crippen MR) is 204 cm³/mol. The highest BCUT2D eigenvalue weighted by atomic mass is 16.4. The lowest BCUT2D eigenvalue weighted by molar-refractivity contribution is -0.138. The number of aromatic amines is 4. The summed E-state index contributed by atoms with van der Waals surface area (Å²) in [6.07, 6.45) is -5.33. The van der Waals surface area contributed by atoms with Gasteiger partial charge in [-0.2, -0.15) is 0 Å². The Hall–Kier alpha value is -7.12. The van der Waals surface area contributed by atoms with E-state index in [2.05, 4.69) is 19.9 Å². The molecule has 0 amide bonds. The van der Waals surface area contributed by atoms with Gasteiger partial charge in [-0.1, -0.05) is 0 Å². The van der Waals surface area contributed by atoms with E-state index in [0.29, 0.717) is 45.0 Å². The second-order valence-corrected chi connectivity index (χ2v) is 14.7. The van der Waals surface area contributed by atoms with Gasteiger partial charge in [-0.3, -0.25) is 38.4 Å². The van der Waals surface area contributed by atoms with Crippen LogP contribution in [0, 0.1) is 0 Å². The van der Waals surface area contributed by atoms with Crippen molar-refractivity contribution in [3.05, 3.63) is 90.1 Å². The number of aromatic nitrogens is 4. The standard InChI is InChI=1S/C40H44N4O16/c45-33(46)5-1-17-21(9-37(53)54)29-14-26-19(3-7-35(49)50)23(11-39(57)58)31(43-26)16-28-20(4-8-36(51)52)24(12-40(59)60)32(44-28)15-27-18(2-6-34(47)48)22(10-38(55)56)30(42-27)13-25(17)41-29/h41-44H,1-16H2,(H,45,46)(H,47,48)(H,49,50)(H,51,52)(H,53,54)(H,55,56)(H,57,58)(H,59,60). The first kappa shape index (κ1) is 44.0. The molecule has 60 heavy (non-hydrogen) atoms. The molecule has 0 saturated heterocycles. The molecule has 8 bridgehead atoms. The number of hydrogen-bond donors (Lipinski definition) is 12. The smallest absolute Gasteiger partial charge is 0.307 e. The number of hydrogen-bond acceptors (Lipinski definition) is 8. The Balaban J connectivity index is 1.90. The number of nitrogens with one attached hydrogen (secondary N) is 4. The Morgan fingerprint density at radius 3 is 0.600 bits per heavy atom. The van der Waals surface area contributed by atoms with Crippen LogP contribution in [0.1, 0.15) is 116 Å². The van der Waals surface area contributed by atoms with Crippen LogP contribution in [0.3, 0.4) is 0 Å². The third kappa shape index (κ3) is 10.7. The fourth-order valence-electron chi connectivity index (χ4n) is 8.30. The Labute approximate surface area is 339 Å². The normalized spacial score (nSPS) is 12.3. The summed E-state index contributed by atoms with van der Waals surface area (Å²) in [5, 5.41) is 79.0. The summed E-state index contributed by atoms with van der Waals surface area (Å²) in [6, 6.07) is 0. The van der Waals surface area contributed by atoms with Crippen LogP contribution in [0.5, 0.6) is 0 Å². The number of fused-ring (bicyclic) bond motifs is 8. The maximum absolute atomic E-state index is 12.4. The third-order valence-corrected chi connectivity index (χ3v) is 10.7. The molecule has 0 aliphatic carbocycles. The van der Waals surface area contributed by atoms with Gasteiger partial charge in [-0.05, 0) is 70.2 Å². The molecule has 4 aromatic heterocycles. The second-order valence-electron chi connectivity index (χ2n) is 14.7. The minimum absolute atomic E-state index is 0.155. The molecule has 0 aromatic carbocycles. The van der Waals surface area contributed by atoms with Gasteiger partial charge in [0.05, 0.1) is 25.7 Å². The summed E-state index contributed by atoms with van der Waals surface area (Å²) in [5.74, 6) is -9.86. The second kappa shape index (κ2) is 18.6. The average Bonchev–Trinajstić information content (AvgIpc) is 3.81. The van der Waals surface area contributed by atoms with Crippen LogP contribution < -0.4 is 0 Å². The van der Waals surface area contributed by atoms with E-state index in [-0.39, 0.29) is 96.4 Å². The number of rotatable bonds is 20. The molecule has 0 radical (unpaired) electrons. The van der Waals surface area contributed by atoms with Crippen molar-refractivity contribution in [1.29, 1.82) is 0 Å². The molecule has 1 aliphatic rings. The van der Waals surface area contributed by atoms with Gasteiger partial charge in [0.2, 0.25) is 0 Å². The highest BCUT2D eigenvalue weighted by Crippen LogP contribution is 2.35. The molecular weight excluding hydrogens is 792 g/mol. The molecule has 0 fully saturated rings. The van der Waals surface area contributed by atoms with Gasteiger partial charge in [0.25, 0.3) is 0 Å². The quantitative estimate of drug-likeness (QED) is 0.0535. The Morgan fingerprint density at radius 1 is 0.283 bits per heavy atom. The first-order valence-electron chi connectivity index (χ1n) is 18.9. The summed E-state index contributed by atoms with van der Waals surface area (Å²) >= 11 is 0. The summed E-state index contributed by atoms with van der Waals surface area (Å²) in [4.78, 5) is 110. The van der Waals surface area contributed by atoms with Crippen LogP contribution >= 0.6 is 0 Å². The SMILES string of the molecule is O=C(O)CCc1c2[nH]c(c1CC(=O)O)Cc1[nH]c(c(CC(=O)O)c1CCC(=O)O)Cc1[nH]c(c(CC(=O)O)c1CCC(=O)O)Cc1[nH]c(c(CC(=O)O)c1CCC(=O)O)C2. The van der Waals surface area contributed by atoms with E-state index in [9.17, 15) is 79.2 Å². The van der Waals surface area contributed by atoms with E-state index >= 15 is 0 Å². The largest absolute Gasteiger partial charge is 0.481 e. The van der Waals surface area contributed by atoms with E-state index in [0.717, 1.165) is 0 Å². The van der Waals surface area contributed by atoms with E-state index < -0.39 is 99.1 Å². The third-order valence-electron chi connectivity index (χ3n) is 10.7. The van der Waals surface area contributed by atoms with Crippen LogP contribution in [0.4, 0.5) is 0 Å². The molecule has 4 aromatic rings. The first-order chi connectivity index (χ1) is 28.3. The van der Waals surface area contributed by atoms with Crippen molar-refractivity contribution in [2.75, 3.05) is 0 Å². The van der Waals surface area contributed by atoms with Gasteiger partial charge in [0.1, 0.15) is 0 Å². The minimum Gasteiger partial charge on any atom is -0.481 e. The van der Waals surface area contributed by atoms with Crippen molar-refractivity contribution < 1.29 is 79.2 Å². The number of carboxylic acid groups (broad SMARTS) is 8. The van der Waals surface area contributed by atoms with Crippen LogP contribution in [0.15, 0.2) is 0 Å². The monoisotopic (exact) mass is 836 g/mol.